The number of halogens is 1. The normalized spacial score (nSPS) is 10.5. The molecule has 0 bridgehead atoms. The van der Waals surface area contributed by atoms with E-state index < -0.39 is 0 Å². The van der Waals surface area contributed by atoms with E-state index in [1.807, 2.05) is 6.07 Å². The number of hydrogen-bond acceptors (Lipinski definition) is 2. The second kappa shape index (κ2) is 4.23. The van der Waals surface area contributed by atoms with E-state index in [4.69, 9.17) is 5.11 Å². The van der Waals surface area contributed by atoms with E-state index in [1.54, 1.807) is 23.0 Å². The van der Waals surface area contributed by atoms with Gasteiger partial charge in [0.25, 0.3) is 0 Å². The minimum atomic E-state index is -0.263. The summed E-state index contributed by atoms with van der Waals surface area (Å²) >= 11 is 0. The van der Waals surface area contributed by atoms with E-state index in [-0.39, 0.29) is 12.4 Å². The fraction of sp³-hybridized carbons (Fsp3) is 0.182. The summed E-state index contributed by atoms with van der Waals surface area (Å²) in [5.41, 5.74) is 1.63. The van der Waals surface area contributed by atoms with E-state index in [9.17, 15) is 4.39 Å². The highest BCUT2D eigenvalue weighted by Gasteiger charge is 2.00. The van der Waals surface area contributed by atoms with Crippen LogP contribution in [0, 0.1) is 5.82 Å². The fourth-order valence-electron chi connectivity index (χ4n) is 1.35. The molecule has 0 fully saturated rings. The molecule has 0 aliphatic rings. The molecular formula is C11H11FN2O. The second-order valence-electron chi connectivity index (χ2n) is 3.20. The van der Waals surface area contributed by atoms with Gasteiger partial charge in [0.2, 0.25) is 0 Å². The van der Waals surface area contributed by atoms with Crippen molar-refractivity contribution in [2.45, 2.75) is 6.42 Å². The first-order chi connectivity index (χ1) is 7.29. The van der Waals surface area contributed by atoms with Crippen LogP contribution in [-0.2, 0) is 6.42 Å². The van der Waals surface area contributed by atoms with Gasteiger partial charge in [0.15, 0.2) is 0 Å². The van der Waals surface area contributed by atoms with Gasteiger partial charge in [-0.25, -0.2) is 9.07 Å². The average molecular weight is 206 g/mol. The molecule has 0 unspecified atom stereocenters. The summed E-state index contributed by atoms with van der Waals surface area (Å²) in [5, 5.41) is 13.0. The number of nitrogens with zero attached hydrogens (tertiary/aromatic N) is 2. The highest BCUT2D eigenvalue weighted by Crippen LogP contribution is 2.08. The van der Waals surface area contributed by atoms with Crippen LogP contribution in [0.1, 0.15) is 5.69 Å². The van der Waals surface area contributed by atoms with Gasteiger partial charge in [0.05, 0.1) is 11.4 Å². The Bertz CT molecular complexity index is 436. The Balaban J connectivity index is 2.25. The van der Waals surface area contributed by atoms with Crippen molar-refractivity contribution in [2.75, 3.05) is 6.61 Å². The Morgan fingerprint density at radius 3 is 2.60 bits per heavy atom. The van der Waals surface area contributed by atoms with E-state index in [0.717, 1.165) is 11.4 Å². The first-order valence-electron chi connectivity index (χ1n) is 4.71. The van der Waals surface area contributed by atoms with E-state index >= 15 is 0 Å². The fourth-order valence-corrected chi connectivity index (χ4v) is 1.35. The summed E-state index contributed by atoms with van der Waals surface area (Å²) in [6.45, 7) is 0.0838. The number of hydrogen-bond donors (Lipinski definition) is 1. The summed E-state index contributed by atoms with van der Waals surface area (Å²) in [5.74, 6) is -0.263. The maximum Gasteiger partial charge on any atom is 0.123 e. The van der Waals surface area contributed by atoms with E-state index in [0.29, 0.717) is 6.42 Å². The molecule has 1 heterocycles. The average Bonchev–Trinajstić information content (AvgIpc) is 2.68. The van der Waals surface area contributed by atoms with Crippen LogP contribution in [0.25, 0.3) is 5.69 Å². The van der Waals surface area contributed by atoms with Crippen LogP contribution in [0.5, 0.6) is 0 Å². The van der Waals surface area contributed by atoms with Crippen LogP contribution in [0.3, 0.4) is 0 Å². The van der Waals surface area contributed by atoms with Crippen molar-refractivity contribution >= 4 is 0 Å². The topological polar surface area (TPSA) is 38.0 Å². The first kappa shape index (κ1) is 9.86. The Labute approximate surface area is 86.8 Å². The number of aliphatic hydroxyl groups is 1. The van der Waals surface area contributed by atoms with Gasteiger partial charge in [-0.3, -0.25) is 0 Å². The maximum atomic E-state index is 12.7. The van der Waals surface area contributed by atoms with Gasteiger partial charge >= 0.3 is 0 Å². The van der Waals surface area contributed by atoms with Gasteiger partial charge < -0.3 is 5.11 Å². The third-order valence-electron chi connectivity index (χ3n) is 2.10. The second-order valence-corrected chi connectivity index (χ2v) is 3.20. The molecule has 1 aromatic carbocycles. The van der Waals surface area contributed by atoms with E-state index in [2.05, 4.69) is 5.10 Å². The van der Waals surface area contributed by atoms with Gasteiger partial charge in [-0.2, -0.15) is 5.10 Å². The number of benzene rings is 1. The molecule has 2 rings (SSSR count). The minimum Gasteiger partial charge on any atom is -0.396 e. The molecule has 0 saturated heterocycles. The molecule has 0 saturated carbocycles. The van der Waals surface area contributed by atoms with E-state index in [1.165, 1.54) is 12.1 Å². The number of rotatable bonds is 3. The molecular weight excluding hydrogens is 195 g/mol. The van der Waals surface area contributed by atoms with Gasteiger partial charge in [-0.05, 0) is 30.3 Å². The lowest BCUT2D eigenvalue weighted by atomic mass is 10.3. The molecule has 1 aromatic heterocycles. The van der Waals surface area contributed by atoms with Gasteiger partial charge in [0, 0.05) is 19.2 Å². The third kappa shape index (κ3) is 2.22. The molecule has 4 heteroatoms. The molecule has 0 aliphatic carbocycles. The summed E-state index contributed by atoms with van der Waals surface area (Å²) in [4.78, 5) is 0. The highest BCUT2D eigenvalue weighted by molar-refractivity contribution is 5.31. The van der Waals surface area contributed by atoms with Crippen molar-refractivity contribution in [3.8, 4) is 5.69 Å². The lowest BCUT2D eigenvalue weighted by Crippen LogP contribution is -1.97. The summed E-state index contributed by atoms with van der Waals surface area (Å²) < 4.78 is 14.3. The first-order valence-corrected chi connectivity index (χ1v) is 4.71. The Morgan fingerprint density at radius 1 is 1.20 bits per heavy atom. The smallest absolute Gasteiger partial charge is 0.123 e. The predicted molar refractivity (Wildman–Crippen MR) is 54.3 cm³/mol. The summed E-state index contributed by atoms with van der Waals surface area (Å²) in [6.07, 6.45) is 2.33. The molecule has 0 spiro atoms. The zero-order chi connectivity index (χ0) is 10.7. The van der Waals surface area contributed by atoms with Crippen molar-refractivity contribution in [3.05, 3.63) is 48.0 Å². The molecule has 3 nitrogen and oxygen atoms in total. The van der Waals surface area contributed by atoms with Crippen LogP contribution in [0.4, 0.5) is 4.39 Å². The molecule has 0 radical (unpaired) electrons. The Morgan fingerprint density at radius 2 is 1.93 bits per heavy atom. The molecule has 0 atom stereocenters. The molecule has 2 aromatic rings. The van der Waals surface area contributed by atoms with Crippen LogP contribution in [0.15, 0.2) is 36.5 Å². The standard InChI is InChI=1S/C11H11FN2O/c12-9-1-3-11(4-2-9)14-7-5-10(13-14)6-8-15/h1-5,7,15H,6,8H2. The van der Waals surface area contributed by atoms with Crippen LogP contribution < -0.4 is 0 Å². The van der Waals surface area contributed by atoms with Crippen LogP contribution >= 0.6 is 0 Å². The van der Waals surface area contributed by atoms with Gasteiger partial charge in [-0.1, -0.05) is 0 Å². The largest absolute Gasteiger partial charge is 0.396 e. The number of aliphatic hydroxyl groups excluding tert-OH is 1. The molecule has 0 amide bonds. The molecule has 78 valence electrons. The molecule has 0 aliphatic heterocycles. The lowest BCUT2D eigenvalue weighted by Gasteiger charge is -2.00. The van der Waals surface area contributed by atoms with Crippen LogP contribution in [-0.4, -0.2) is 21.5 Å². The Hall–Kier alpha value is -1.68. The van der Waals surface area contributed by atoms with Crippen molar-refractivity contribution in [2.24, 2.45) is 0 Å². The van der Waals surface area contributed by atoms with Crippen molar-refractivity contribution < 1.29 is 9.50 Å². The van der Waals surface area contributed by atoms with Crippen molar-refractivity contribution in [3.63, 3.8) is 0 Å². The zero-order valence-corrected chi connectivity index (χ0v) is 8.10. The quantitative estimate of drug-likeness (QED) is 0.827. The maximum absolute atomic E-state index is 12.7. The zero-order valence-electron chi connectivity index (χ0n) is 8.10. The monoisotopic (exact) mass is 206 g/mol. The van der Waals surface area contributed by atoms with Crippen molar-refractivity contribution in [1.29, 1.82) is 0 Å². The molecule has 15 heavy (non-hydrogen) atoms. The van der Waals surface area contributed by atoms with Gasteiger partial charge in [0.1, 0.15) is 5.82 Å². The lowest BCUT2D eigenvalue weighted by molar-refractivity contribution is 0.298. The van der Waals surface area contributed by atoms with Crippen LogP contribution in [0.2, 0.25) is 0 Å². The molecule has 1 N–H and O–H groups in total. The number of aromatic nitrogens is 2. The SMILES string of the molecule is OCCc1ccn(-c2ccc(F)cc2)n1. The Kier molecular flexibility index (Phi) is 2.78. The summed E-state index contributed by atoms with van der Waals surface area (Å²) in [6, 6.07) is 7.93. The van der Waals surface area contributed by atoms with Crippen molar-refractivity contribution in [1.82, 2.24) is 9.78 Å². The summed E-state index contributed by atoms with van der Waals surface area (Å²) in [7, 11) is 0. The minimum absolute atomic E-state index is 0.0838. The third-order valence-corrected chi connectivity index (χ3v) is 2.10. The highest BCUT2D eigenvalue weighted by atomic mass is 19.1. The predicted octanol–water partition coefficient (Wildman–Crippen LogP) is 1.55. The van der Waals surface area contributed by atoms with Gasteiger partial charge in [-0.15, -0.1) is 0 Å².